The monoisotopic (exact) mass is 325 g/mol. The highest BCUT2D eigenvalue weighted by atomic mass is 79.9. The van der Waals surface area contributed by atoms with Gasteiger partial charge in [-0.3, -0.25) is 0 Å². The van der Waals surface area contributed by atoms with E-state index in [-0.39, 0.29) is 5.82 Å². The van der Waals surface area contributed by atoms with E-state index in [9.17, 15) is 4.39 Å². The van der Waals surface area contributed by atoms with Gasteiger partial charge in [0, 0.05) is 19.5 Å². The molecule has 2 aromatic rings. The Morgan fingerprint density at radius 3 is 2.74 bits per heavy atom. The SMILES string of the molecule is CCc1nc(NC)cc(Oc2ccc(F)cc2Br)n1. The number of hydrogen-bond donors (Lipinski definition) is 1. The first-order valence-electron chi connectivity index (χ1n) is 5.81. The van der Waals surface area contributed by atoms with E-state index >= 15 is 0 Å². The van der Waals surface area contributed by atoms with Gasteiger partial charge in [0.15, 0.2) is 0 Å². The van der Waals surface area contributed by atoms with Gasteiger partial charge >= 0.3 is 0 Å². The van der Waals surface area contributed by atoms with Gasteiger partial charge in [0.25, 0.3) is 0 Å². The third-order valence-corrected chi connectivity index (χ3v) is 3.05. The molecule has 0 saturated carbocycles. The zero-order valence-corrected chi connectivity index (χ0v) is 12.2. The minimum atomic E-state index is -0.327. The molecule has 0 bridgehead atoms. The normalized spacial score (nSPS) is 10.3. The van der Waals surface area contributed by atoms with Crippen molar-refractivity contribution >= 4 is 21.7 Å². The molecule has 4 nitrogen and oxygen atoms in total. The van der Waals surface area contributed by atoms with Gasteiger partial charge in [-0.05, 0) is 34.1 Å². The Kier molecular flexibility index (Phi) is 4.31. The van der Waals surface area contributed by atoms with Crippen LogP contribution in [0.4, 0.5) is 10.2 Å². The van der Waals surface area contributed by atoms with Crippen molar-refractivity contribution in [2.24, 2.45) is 0 Å². The van der Waals surface area contributed by atoms with Gasteiger partial charge in [-0.2, -0.15) is 4.98 Å². The summed E-state index contributed by atoms with van der Waals surface area (Å²) in [6.45, 7) is 1.96. The number of nitrogens with zero attached hydrogens (tertiary/aromatic N) is 2. The lowest BCUT2D eigenvalue weighted by atomic mass is 10.3. The van der Waals surface area contributed by atoms with Gasteiger partial charge in [-0.1, -0.05) is 6.92 Å². The molecule has 0 aliphatic rings. The highest BCUT2D eigenvalue weighted by Gasteiger charge is 2.08. The van der Waals surface area contributed by atoms with Crippen molar-refractivity contribution in [1.29, 1.82) is 0 Å². The highest BCUT2D eigenvalue weighted by molar-refractivity contribution is 9.10. The van der Waals surface area contributed by atoms with Crippen molar-refractivity contribution in [3.8, 4) is 11.6 Å². The van der Waals surface area contributed by atoms with E-state index in [2.05, 4.69) is 31.2 Å². The van der Waals surface area contributed by atoms with Gasteiger partial charge in [-0.25, -0.2) is 9.37 Å². The van der Waals surface area contributed by atoms with Crippen molar-refractivity contribution in [3.63, 3.8) is 0 Å². The minimum absolute atomic E-state index is 0.327. The van der Waals surface area contributed by atoms with E-state index in [0.29, 0.717) is 34.2 Å². The Hall–Kier alpha value is -1.69. The molecule has 6 heteroatoms. The zero-order chi connectivity index (χ0) is 13.8. The summed E-state index contributed by atoms with van der Waals surface area (Å²) in [5, 5.41) is 2.95. The summed E-state index contributed by atoms with van der Waals surface area (Å²) in [6, 6.07) is 5.92. The molecule has 19 heavy (non-hydrogen) atoms. The summed E-state index contributed by atoms with van der Waals surface area (Å²) in [6.07, 6.45) is 0.705. The van der Waals surface area contributed by atoms with Crippen LogP contribution in [0.15, 0.2) is 28.7 Å². The Bertz CT molecular complexity index is 570. The average molecular weight is 326 g/mol. The number of rotatable bonds is 4. The standard InChI is InChI=1S/C13H13BrFN3O/c1-3-11-17-12(16-2)7-13(18-11)19-10-5-4-8(15)6-9(10)14/h4-7H,3H2,1-2H3,(H,16,17,18). The Morgan fingerprint density at radius 2 is 2.11 bits per heavy atom. The van der Waals surface area contributed by atoms with Crippen LogP contribution in [0.2, 0.25) is 0 Å². The van der Waals surface area contributed by atoms with Crippen LogP contribution in [0, 0.1) is 5.82 Å². The molecule has 0 aliphatic carbocycles. The average Bonchev–Trinajstić information content (AvgIpc) is 2.41. The van der Waals surface area contributed by atoms with Crippen LogP contribution in [0.25, 0.3) is 0 Å². The molecule has 0 unspecified atom stereocenters. The fourth-order valence-electron chi connectivity index (χ4n) is 1.48. The molecular weight excluding hydrogens is 313 g/mol. The van der Waals surface area contributed by atoms with E-state index in [1.807, 2.05) is 6.92 Å². The Labute approximate surface area is 119 Å². The number of nitrogens with one attached hydrogen (secondary N) is 1. The smallest absolute Gasteiger partial charge is 0.224 e. The topological polar surface area (TPSA) is 47.0 Å². The van der Waals surface area contributed by atoms with Crippen LogP contribution in [0.5, 0.6) is 11.6 Å². The molecule has 0 atom stereocenters. The predicted octanol–water partition coefficient (Wildman–Crippen LogP) is 3.77. The second-order valence-corrected chi connectivity index (χ2v) is 4.64. The zero-order valence-electron chi connectivity index (χ0n) is 10.6. The maximum atomic E-state index is 13.0. The lowest BCUT2D eigenvalue weighted by Gasteiger charge is -2.09. The van der Waals surface area contributed by atoms with Crippen LogP contribution in [0.3, 0.4) is 0 Å². The summed E-state index contributed by atoms with van der Waals surface area (Å²) in [5.74, 6) is 1.96. The van der Waals surface area contributed by atoms with Crippen LogP contribution in [0.1, 0.15) is 12.7 Å². The van der Waals surface area contributed by atoms with Gasteiger partial charge < -0.3 is 10.1 Å². The number of anilines is 1. The maximum Gasteiger partial charge on any atom is 0.224 e. The van der Waals surface area contributed by atoms with Crippen molar-refractivity contribution < 1.29 is 9.13 Å². The molecule has 1 aromatic heterocycles. The van der Waals surface area contributed by atoms with E-state index in [4.69, 9.17) is 4.74 Å². The Balaban J connectivity index is 2.31. The van der Waals surface area contributed by atoms with Crippen molar-refractivity contribution in [2.75, 3.05) is 12.4 Å². The van der Waals surface area contributed by atoms with E-state index < -0.39 is 0 Å². The molecule has 1 heterocycles. The molecule has 0 fully saturated rings. The first kappa shape index (κ1) is 13.7. The number of aromatic nitrogens is 2. The predicted molar refractivity (Wildman–Crippen MR) is 75.1 cm³/mol. The molecular formula is C13H13BrFN3O. The quantitative estimate of drug-likeness (QED) is 0.929. The lowest BCUT2D eigenvalue weighted by Crippen LogP contribution is -2.01. The van der Waals surface area contributed by atoms with Gasteiger partial charge in [0.05, 0.1) is 4.47 Å². The number of benzene rings is 1. The largest absolute Gasteiger partial charge is 0.438 e. The molecule has 1 N–H and O–H groups in total. The Morgan fingerprint density at radius 1 is 1.32 bits per heavy atom. The number of halogens is 2. The lowest BCUT2D eigenvalue weighted by molar-refractivity contribution is 0.454. The number of ether oxygens (including phenoxy) is 1. The number of aryl methyl sites for hydroxylation is 1. The van der Waals surface area contributed by atoms with E-state index in [0.717, 1.165) is 0 Å². The summed E-state index contributed by atoms with van der Waals surface area (Å²) < 4.78 is 19.2. The number of hydrogen-bond acceptors (Lipinski definition) is 4. The van der Waals surface area contributed by atoms with Crippen LogP contribution in [-0.4, -0.2) is 17.0 Å². The van der Waals surface area contributed by atoms with Crippen LogP contribution < -0.4 is 10.1 Å². The third-order valence-electron chi connectivity index (χ3n) is 2.43. The summed E-state index contributed by atoms with van der Waals surface area (Å²) in [7, 11) is 1.78. The van der Waals surface area contributed by atoms with Crippen LogP contribution in [-0.2, 0) is 6.42 Å². The fraction of sp³-hybridized carbons (Fsp3) is 0.231. The summed E-state index contributed by atoms with van der Waals surface area (Å²) in [5.41, 5.74) is 0. The van der Waals surface area contributed by atoms with E-state index in [1.165, 1.54) is 12.1 Å². The second kappa shape index (κ2) is 5.97. The molecule has 2 rings (SSSR count). The second-order valence-electron chi connectivity index (χ2n) is 3.79. The minimum Gasteiger partial charge on any atom is -0.438 e. The summed E-state index contributed by atoms with van der Waals surface area (Å²) >= 11 is 3.25. The third kappa shape index (κ3) is 3.41. The molecule has 0 aliphatic heterocycles. The van der Waals surface area contributed by atoms with E-state index in [1.54, 1.807) is 19.2 Å². The molecule has 0 radical (unpaired) electrons. The molecule has 0 saturated heterocycles. The molecule has 100 valence electrons. The summed E-state index contributed by atoms with van der Waals surface area (Å²) in [4.78, 5) is 8.55. The fourth-order valence-corrected chi connectivity index (χ4v) is 1.91. The molecule has 0 amide bonds. The van der Waals surface area contributed by atoms with Gasteiger partial charge in [0.1, 0.15) is 23.2 Å². The van der Waals surface area contributed by atoms with Crippen molar-refractivity contribution in [1.82, 2.24) is 9.97 Å². The van der Waals surface area contributed by atoms with Gasteiger partial charge in [-0.15, -0.1) is 0 Å². The van der Waals surface area contributed by atoms with Crippen molar-refractivity contribution in [3.05, 3.63) is 40.4 Å². The van der Waals surface area contributed by atoms with Gasteiger partial charge in [0.2, 0.25) is 5.88 Å². The highest BCUT2D eigenvalue weighted by Crippen LogP contribution is 2.30. The molecule has 1 aromatic carbocycles. The maximum absolute atomic E-state index is 13.0. The first-order valence-corrected chi connectivity index (χ1v) is 6.60. The molecule has 0 spiro atoms. The van der Waals surface area contributed by atoms with Crippen LogP contribution >= 0.6 is 15.9 Å². The first-order chi connectivity index (χ1) is 9.12. The van der Waals surface area contributed by atoms with Crippen molar-refractivity contribution in [2.45, 2.75) is 13.3 Å².